The second-order valence-electron chi connectivity index (χ2n) is 14.9. The summed E-state index contributed by atoms with van der Waals surface area (Å²) >= 11 is 0. The molecule has 2 atom stereocenters. The summed E-state index contributed by atoms with van der Waals surface area (Å²) in [5.41, 5.74) is 0. The molecule has 48 heavy (non-hydrogen) atoms. The lowest BCUT2D eigenvalue weighted by Crippen LogP contribution is -2.47. The summed E-state index contributed by atoms with van der Waals surface area (Å²) in [4.78, 5) is 5.02. The van der Waals surface area contributed by atoms with Crippen LogP contribution < -0.4 is 0 Å². The number of allylic oxidation sites excluding steroid dienone is 8. The van der Waals surface area contributed by atoms with E-state index in [2.05, 4.69) is 79.3 Å². The van der Waals surface area contributed by atoms with E-state index in [1.807, 2.05) is 0 Å². The Morgan fingerprint density at radius 2 is 0.938 bits per heavy atom. The van der Waals surface area contributed by atoms with Crippen molar-refractivity contribution in [1.82, 2.24) is 9.80 Å². The molecule has 0 N–H and O–H groups in total. The number of hydrogen-bond donors (Lipinski definition) is 0. The van der Waals surface area contributed by atoms with Gasteiger partial charge in [0.2, 0.25) is 0 Å². The van der Waals surface area contributed by atoms with Crippen molar-refractivity contribution in [3.05, 3.63) is 48.6 Å². The molecule has 0 spiro atoms. The van der Waals surface area contributed by atoms with Gasteiger partial charge in [0.05, 0.1) is 12.7 Å². The largest absolute Gasteiger partial charge is 0.347 e. The Balaban J connectivity index is 1.59. The van der Waals surface area contributed by atoms with Gasteiger partial charge in [-0.05, 0) is 84.1 Å². The van der Waals surface area contributed by atoms with Crippen LogP contribution in [0.1, 0.15) is 174 Å². The molecule has 0 aromatic carbocycles. The molecular formula is C44H80N2O2. The van der Waals surface area contributed by atoms with Gasteiger partial charge in [-0.3, -0.25) is 4.90 Å². The molecule has 4 heteroatoms. The van der Waals surface area contributed by atoms with Crippen LogP contribution in [0.5, 0.6) is 0 Å². The summed E-state index contributed by atoms with van der Waals surface area (Å²) in [5, 5.41) is 0. The summed E-state index contributed by atoms with van der Waals surface area (Å²) in [6.07, 6.45) is 50.8. The highest BCUT2D eigenvalue weighted by Gasteiger charge is 2.41. The number of piperazine rings is 1. The minimum atomic E-state index is -0.334. The van der Waals surface area contributed by atoms with Crippen LogP contribution in [-0.2, 0) is 9.47 Å². The van der Waals surface area contributed by atoms with E-state index < -0.39 is 0 Å². The van der Waals surface area contributed by atoms with Crippen LogP contribution in [0.3, 0.4) is 0 Å². The standard InChI is InChI=1S/C44H80N2O2/c1-4-6-8-10-12-14-16-18-20-22-24-26-28-30-32-34-36-44(47-42-43(48-44)41-46-39-37-45(3)38-40-46)35-33-31-29-27-25-23-21-19-17-15-13-11-9-7-5-2/h12-15,18-21,43H,4-11,16-17,22-42H2,1-3H3/b14-12-,15-13-,20-18-,21-19-. The van der Waals surface area contributed by atoms with E-state index in [1.165, 1.54) is 135 Å². The quantitative estimate of drug-likeness (QED) is 0.0542. The molecule has 2 heterocycles. The zero-order valence-corrected chi connectivity index (χ0v) is 32.3. The van der Waals surface area contributed by atoms with Gasteiger partial charge < -0.3 is 14.4 Å². The lowest BCUT2D eigenvalue weighted by molar-refractivity contribution is -0.181. The first-order valence-corrected chi connectivity index (χ1v) is 21.0. The Morgan fingerprint density at radius 3 is 1.40 bits per heavy atom. The number of likely N-dealkylation sites (N-methyl/N-ethyl adjacent to an activating group) is 1. The average Bonchev–Trinajstić information content (AvgIpc) is 3.49. The minimum absolute atomic E-state index is 0.232. The fourth-order valence-corrected chi connectivity index (χ4v) is 7.00. The van der Waals surface area contributed by atoms with E-state index in [4.69, 9.17) is 9.47 Å². The van der Waals surface area contributed by atoms with Crippen LogP contribution in [0.2, 0.25) is 0 Å². The fourth-order valence-electron chi connectivity index (χ4n) is 7.00. The molecular weight excluding hydrogens is 588 g/mol. The van der Waals surface area contributed by atoms with Crippen LogP contribution in [0.15, 0.2) is 48.6 Å². The van der Waals surface area contributed by atoms with Crippen molar-refractivity contribution in [3.8, 4) is 0 Å². The van der Waals surface area contributed by atoms with Crippen molar-refractivity contribution in [3.63, 3.8) is 0 Å². The van der Waals surface area contributed by atoms with E-state index in [0.29, 0.717) is 0 Å². The summed E-state index contributed by atoms with van der Waals surface area (Å²) in [6.45, 7) is 11.0. The number of hydrogen-bond acceptors (Lipinski definition) is 4. The molecule has 2 unspecified atom stereocenters. The maximum atomic E-state index is 6.82. The van der Waals surface area contributed by atoms with E-state index in [0.717, 1.165) is 65.0 Å². The molecule has 2 aliphatic rings. The molecule has 4 nitrogen and oxygen atoms in total. The smallest absolute Gasteiger partial charge is 0.168 e. The predicted octanol–water partition coefficient (Wildman–Crippen LogP) is 12.4. The van der Waals surface area contributed by atoms with E-state index in [-0.39, 0.29) is 11.9 Å². The Morgan fingerprint density at radius 1 is 0.521 bits per heavy atom. The Hall–Kier alpha value is -1.20. The molecule has 278 valence electrons. The Kier molecular flexibility index (Phi) is 27.4. The van der Waals surface area contributed by atoms with Crippen LogP contribution in [0.25, 0.3) is 0 Å². The lowest BCUT2D eigenvalue weighted by Gasteiger charge is -2.34. The molecule has 2 saturated heterocycles. The first kappa shape index (κ1) is 43.0. The number of nitrogens with zero attached hydrogens (tertiary/aromatic N) is 2. The van der Waals surface area contributed by atoms with Crippen LogP contribution in [-0.4, -0.2) is 68.1 Å². The van der Waals surface area contributed by atoms with Crippen LogP contribution in [0.4, 0.5) is 0 Å². The minimum Gasteiger partial charge on any atom is -0.347 e. The molecule has 2 fully saturated rings. The number of unbranched alkanes of at least 4 members (excludes halogenated alkanes) is 17. The third-order valence-corrected chi connectivity index (χ3v) is 10.2. The van der Waals surface area contributed by atoms with Gasteiger partial charge in [-0.1, -0.05) is 133 Å². The first-order valence-electron chi connectivity index (χ1n) is 21.0. The van der Waals surface area contributed by atoms with Gasteiger partial charge in [-0.15, -0.1) is 0 Å². The molecule has 0 aromatic heterocycles. The zero-order valence-electron chi connectivity index (χ0n) is 32.3. The van der Waals surface area contributed by atoms with Gasteiger partial charge in [0.25, 0.3) is 0 Å². The molecule has 2 rings (SSSR count). The molecule has 0 bridgehead atoms. The topological polar surface area (TPSA) is 24.9 Å². The van der Waals surface area contributed by atoms with Crippen molar-refractivity contribution in [2.45, 2.75) is 186 Å². The maximum absolute atomic E-state index is 6.82. The van der Waals surface area contributed by atoms with Crippen LogP contribution in [0, 0.1) is 0 Å². The van der Waals surface area contributed by atoms with Crippen LogP contribution >= 0.6 is 0 Å². The van der Waals surface area contributed by atoms with Gasteiger partial charge in [0.15, 0.2) is 5.79 Å². The summed E-state index contributed by atoms with van der Waals surface area (Å²) in [6, 6.07) is 0. The summed E-state index contributed by atoms with van der Waals surface area (Å²) in [7, 11) is 2.23. The van der Waals surface area contributed by atoms with E-state index in [9.17, 15) is 0 Å². The normalized spacial score (nSPS) is 21.4. The van der Waals surface area contributed by atoms with Gasteiger partial charge >= 0.3 is 0 Å². The van der Waals surface area contributed by atoms with Crippen molar-refractivity contribution < 1.29 is 9.47 Å². The molecule has 0 saturated carbocycles. The highest BCUT2D eigenvalue weighted by molar-refractivity contribution is 4.93. The van der Waals surface area contributed by atoms with E-state index >= 15 is 0 Å². The second-order valence-corrected chi connectivity index (χ2v) is 14.9. The third-order valence-electron chi connectivity index (χ3n) is 10.2. The Bertz CT molecular complexity index is 828. The average molecular weight is 669 g/mol. The van der Waals surface area contributed by atoms with Crippen molar-refractivity contribution in [2.75, 3.05) is 46.4 Å². The molecule has 0 radical (unpaired) electrons. The summed E-state index contributed by atoms with van der Waals surface area (Å²) < 4.78 is 13.4. The monoisotopic (exact) mass is 669 g/mol. The maximum Gasteiger partial charge on any atom is 0.168 e. The molecule has 0 aromatic rings. The highest BCUT2D eigenvalue weighted by Crippen LogP contribution is 2.35. The SMILES string of the molecule is CCCCC/C=C\C/C=C\CCCCCCCCC1(CCCCCCC/C=C\C/C=C\CCCCC)OCC(CN2CCN(C)CC2)O1. The number of ether oxygens (including phenoxy) is 2. The van der Waals surface area contributed by atoms with Gasteiger partial charge in [0, 0.05) is 45.6 Å². The zero-order chi connectivity index (χ0) is 34.2. The highest BCUT2D eigenvalue weighted by atomic mass is 16.7. The predicted molar refractivity (Wildman–Crippen MR) is 211 cm³/mol. The van der Waals surface area contributed by atoms with Gasteiger partial charge in [-0.2, -0.15) is 0 Å². The molecule has 2 aliphatic heterocycles. The van der Waals surface area contributed by atoms with Crippen molar-refractivity contribution >= 4 is 0 Å². The molecule has 0 aliphatic carbocycles. The molecule has 0 amide bonds. The van der Waals surface area contributed by atoms with Crippen molar-refractivity contribution in [2.24, 2.45) is 0 Å². The lowest BCUT2D eigenvalue weighted by atomic mass is 9.98. The number of rotatable bonds is 31. The van der Waals surface area contributed by atoms with Gasteiger partial charge in [-0.25, -0.2) is 0 Å². The second kappa shape index (κ2) is 30.6. The van der Waals surface area contributed by atoms with Gasteiger partial charge in [0.1, 0.15) is 0 Å². The fraction of sp³-hybridized carbons (Fsp3) is 0.818. The van der Waals surface area contributed by atoms with Crippen molar-refractivity contribution in [1.29, 1.82) is 0 Å². The first-order chi connectivity index (χ1) is 23.7. The summed E-state index contributed by atoms with van der Waals surface area (Å²) in [5.74, 6) is -0.334. The van der Waals surface area contributed by atoms with E-state index in [1.54, 1.807) is 0 Å². The third kappa shape index (κ3) is 23.2. The Labute approximate surface area is 299 Å².